The van der Waals surface area contributed by atoms with Crippen LogP contribution in [0, 0.1) is 11.3 Å². The van der Waals surface area contributed by atoms with E-state index in [2.05, 4.69) is 25.9 Å². The molecule has 0 aliphatic rings. The lowest BCUT2D eigenvalue weighted by atomic mass is 10.2. The average molecular weight is 321 g/mol. The van der Waals surface area contributed by atoms with Gasteiger partial charge in [0, 0.05) is 36.7 Å². The van der Waals surface area contributed by atoms with Gasteiger partial charge in [-0.05, 0) is 23.4 Å². The Morgan fingerprint density at radius 2 is 2.23 bits per heavy atom. The van der Waals surface area contributed by atoms with E-state index >= 15 is 0 Å². The largest absolute Gasteiger partial charge is 0.360 e. The van der Waals surface area contributed by atoms with Crippen LogP contribution in [0.1, 0.15) is 17.7 Å². The first-order valence-corrected chi connectivity index (χ1v) is 6.53. The Hall–Kier alpha value is -2.47. The predicted molar refractivity (Wildman–Crippen MR) is 79.6 cm³/mol. The van der Waals surface area contributed by atoms with Crippen LogP contribution in [0.4, 0.5) is 5.69 Å². The van der Waals surface area contributed by atoms with E-state index in [4.69, 9.17) is 26.3 Å². The van der Waals surface area contributed by atoms with E-state index in [1.54, 1.807) is 18.2 Å². The fourth-order valence-electron chi connectivity index (χ4n) is 1.74. The molecule has 0 unspecified atom stereocenters. The zero-order valence-corrected chi connectivity index (χ0v) is 12.6. The highest BCUT2D eigenvalue weighted by molar-refractivity contribution is 6.31. The maximum atomic E-state index is 9.10. The van der Waals surface area contributed by atoms with Gasteiger partial charge in [-0.3, -0.25) is 0 Å². The van der Waals surface area contributed by atoms with Crippen molar-refractivity contribution in [3.8, 4) is 6.07 Å². The van der Waals surface area contributed by atoms with Crippen LogP contribution in [0.3, 0.4) is 0 Å². The number of allylic oxidation sites excluding steroid dienone is 1. The quantitative estimate of drug-likeness (QED) is 0.619. The molecule has 1 heterocycles. The van der Waals surface area contributed by atoms with Gasteiger partial charge in [0.2, 0.25) is 5.82 Å². The number of ether oxygens (including phenoxy) is 2. The van der Waals surface area contributed by atoms with E-state index in [0.29, 0.717) is 16.3 Å². The Kier molecular flexibility index (Phi) is 5.43. The summed E-state index contributed by atoms with van der Waals surface area (Å²) < 4.78 is 10.4. The summed E-state index contributed by atoms with van der Waals surface area (Å²) in [6.07, 6.45) is 0.901. The minimum absolute atomic E-state index is 0.204. The normalized spacial score (nSPS) is 11.5. The fraction of sp³-hybridized carbons (Fsp3) is 0.231. The number of methoxy groups -OCH3 is 2. The fourth-order valence-corrected chi connectivity index (χ4v) is 1.95. The number of anilines is 1. The lowest BCUT2D eigenvalue weighted by molar-refractivity contribution is -0.105. The van der Waals surface area contributed by atoms with Gasteiger partial charge in [0.05, 0.1) is 0 Å². The van der Waals surface area contributed by atoms with Crippen molar-refractivity contribution in [2.24, 2.45) is 0 Å². The Morgan fingerprint density at radius 1 is 1.45 bits per heavy atom. The second-order valence-corrected chi connectivity index (χ2v) is 4.50. The molecule has 0 aliphatic carbocycles. The molecule has 22 heavy (non-hydrogen) atoms. The van der Waals surface area contributed by atoms with Crippen LogP contribution >= 0.6 is 11.6 Å². The van der Waals surface area contributed by atoms with Crippen molar-refractivity contribution in [2.45, 2.75) is 6.29 Å². The number of tetrazole rings is 1. The minimum atomic E-state index is -0.578. The number of aromatic nitrogens is 4. The smallest absolute Gasteiger partial charge is 0.216 e. The molecule has 0 atom stereocenters. The molecule has 0 fully saturated rings. The topological polar surface area (TPSA) is 109 Å². The third-order valence-electron chi connectivity index (χ3n) is 2.77. The number of hydrogen-bond acceptors (Lipinski definition) is 7. The molecule has 1 aromatic heterocycles. The third kappa shape index (κ3) is 3.59. The molecule has 0 radical (unpaired) electrons. The molecule has 0 spiro atoms. The van der Waals surface area contributed by atoms with Crippen LogP contribution < -0.4 is 5.32 Å². The zero-order chi connectivity index (χ0) is 15.9. The van der Waals surface area contributed by atoms with E-state index < -0.39 is 6.29 Å². The maximum absolute atomic E-state index is 9.10. The number of nitrogens with one attached hydrogen (secondary N) is 2. The molecule has 0 saturated carbocycles. The summed E-state index contributed by atoms with van der Waals surface area (Å²) in [5, 5.41) is 25.8. The van der Waals surface area contributed by atoms with Gasteiger partial charge in [0.1, 0.15) is 11.6 Å². The number of nitriles is 1. The minimum Gasteiger partial charge on any atom is -0.360 e. The molecule has 2 rings (SSSR count). The van der Waals surface area contributed by atoms with Gasteiger partial charge in [-0.25, -0.2) is 0 Å². The lowest BCUT2D eigenvalue weighted by Crippen LogP contribution is -2.05. The summed E-state index contributed by atoms with van der Waals surface area (Å²) in [5.41, 5.74) is 1.61. The van der Waals surface area contributed by atoms with E-state index in [9.17, 15) is 0 Å². The van der Waals surface area contributed by atoms with Crippen molar-refractivity contribution < 1.29 is 9.47 Å². The molecule has 0 saturated heterocycles. The first kappa shape index (κ1) is 15.9. The van der Waals surface area contributed by atoms with Crippen LogP contribution in [0.2, 0.25) is 5.02 Å². The van der Waals surface area contributed by atoms with Crippen molar-refractivity contribution in [1.82, 2.24) is 20.6 Å². The molecular weight excluding hydrogens is 308 g/mol. The van der Waals surface area contributed by atoms with Crippen molar-refractivity contribution >= 4 is 22.9 Å². The maximum Gasteiger partial charge on any atom is 0.216 e. The van der Waals surface area contributed by atoms with Gasteiger partial charge in [-0.1, -0.05) is 11.6 Å². The monoisotopic (exact) mass is 320 g/mol. The number of rotatable bonds is 6. The highest BCUT2D eigenvalue weighted by atomic mass is 35.5. The van der Waals surface area contributed by atoms with E-state index in [1.165, 1.54) is 20.4 Å². The number of benzene rings is 1. The van der Waals surface area contributed by atoms with Crippen LogP contribution in [0.15, 0.2) is 24.4 Å². The summed E-state index contributed by atoms with van der Waals surface area (Å²) in [5.74, 6) is 0.204. The van der Waals surface area contributed by atoms with Crippen LogP contribution in [-0.4, -0.2) is 34.8 Å². The lowest BCUT2D eigenvalue weighted by Gasteiger charge is -2.16. The molecule has 0 aliphatic heterocycles. The second kappa shape index (κ2) is 7.51. The molecule has 2 aromatic rings. The number of H-pyrrole nitrogens is 1. The summed E-state index contributed by atoms with van der Waals surface area (Å²) in [6, 6.07) is 7.22. The summed E-state index contributed by atoms with van der Waals surface area (Å²) in [6.45, 7) is 0. The summed E-state index contributed by atoms with van der Waals surface area (Å²) in [4.78, 5) is 0. The molecule has 2 N–H and O–H groups in total. The molecule has 9 heteroatoms. The summed E-state index contributed by atoms with van der Waals surface area (Å²) >= 11 is 6.13. The van der Waals surface area contributed by atoms with Crippen LogP contribution in [0.5, 0.6) is 0 Å². The highest BCUT2D eigenvalue weighted by Crippen LogP contribution is 2.28. The Bertz CT molecular complexity index is 691. The van der Waals surface area contributed by atoms with Crippen LogP contribution in [-0.2, 0) is 9.47 Å². The van der Waals surface area contributed by atoms with E-state index in [1.807, 2.05) is 6.07 Å². The first-order chi connectivity index (χ1) is 10.7. The number of hydrogen-bond donors (Lipinski definition) is 2. The van der Waals surface area contributed by atoms with Crippen LogP contribution in [0.25, 0.3) is 5.57 Å². The van der Waals surface area contributed by atoms with Gasteiger partial charge < -0.3 is 14.8 Å². The van der Waals surface area contributed by atoms with Crippen molar-refractivity contribution in [2.75, 3.05) is 19.5 Å². The second-order valence-electron chi connectivity index (χ2n) is 4.09. The van der Waals surface area contributed by atoms with Gasteiger partial charge in [-0.2, -0.15) is 10.5 Å². The Labute approximate surface area is 131 Å². The average Bonchev–Trinajstić information content (AvgIpc) is 3.06. The van der Waals surface area contributed by atoms with E-state index in [-0.39, 0.29) is 11.4 Å². The van der Waals surface area contributed by atoms with Gasteiger partial charge in [0.15, 0.2) is 6.29 Å². The Balaban J connectivity index is 2.23. The third-order valence-corrected chi connectivity index (χ3v) is 3.11. The van der Waals surface area contributed by atoms with Gasteiger partial charge in [0.25, 0.3) is 0 Å². The zero-order valence-electron chi connectivity index (χ0n) is 11.9. The van der Waals surface area contributed by atoms with E-state index in [0.717, 1.165) is 0 Å². The molecular formula is C13H13ClN6O2. The SMILES string of the molecule is COC(OC)c1cc(NC=C(C#N)c2nn[nH]n2)ccc1Cl. The number of halogens is 1. The van der Waals surface area contributed by atoms with Gasteiger partial charge in [-0.15, -0.1) is 10.2 Å². The Morgan fingerprint density at radius 3 is 2.82 bits per heavy atom. The molecule has 0 amide bonds. The highest BCUT2D eigenvalue weighted by Gasteiger charge is 2.14. The molecule has 114 valence electrons. The number of aromatic amines is 1. The number of nitrogens with zero attached hydrogens (tertiary/aromatic N) is 4. The van der Waals surface area contributed by atoms with Crippen molar-refractivity contribution in [1.29, 1.82) is 5.26 Å². The van der Waals surface area contributed by atoms with Crippen molar-refractivity contribution in [3.63, 3.8) is 0 Å². The van der Waals surface area contributed by atoms with Crippen molar-refractivity contribution in [3.05, 3.63) is 40.8 Å². The first-order valence-electron chi connectivity index (χ1n) is 6.15. The molecule has 8 nitrogen and oxygen atoms in total. The standard InChI is InChI=1S/C13H13ClN6O2/c1-21-13(22-2)10-5-9(3-4-11(10)14)16-7-8(6-15)12-17-19-20-18-12/h3-5,7,13,16H,1-2H3,(H,17,18,19,20). The summed E-state index contributed by atoms with van der Waals surface area (Å²) in [7, 11) is 3.04. The molecule has 0 bridgehead atoms. The molecule has 1 aromatic carbocycles. The van der Waals surface area contributed by atoms with Gasteiger partial charge >= 0.3 is 0 Å². The predicted octanol–water partition coefficient (Wildman–Crippen LogP) is 2.12.